The summed E-state index contributed by atoms with van der Waals surface area (Å²) in [6.45, 7) is 0. The quantitative estimate of drug-likeness (QED) is 0.712. The van der Waals surface area contributed by atoms with Crippen molar-refractivity contribution in [3.63, 3.8) is 0 Å². The van der Waals surface area contributed by atoms with Gasteiger partial charge in [0.15, 0.2) is 0 Å². The Morgan fingerprint density at radius 2 is 1.93 bits per heavy atom. The average molecular weight is 233 g/mol. The van der Waals surface area contributed by atoms with Gasteiger partial charge in [-0.3, -0.25) is 4.79 Å². The first-order valence-electron chi connectivity index (χ1n) is 5.26. The van der Waals surface area contributed by atoms with E-state index in [-0.39, 0.29) is 11.8 Å². The highest BCUT2D eigenvalue weighted by Crippen LogP contribution is 2.33. The number of nitrogens with zero attached hydrogens (tertiary/aromatic N) is 1. The summed E-state index contributed by atoms with van der Waals surface area (Å²) in [5.74, 6) is -0.907. The van der Waals surface area contributed by atoms with Gasteiger partial charge in [-0.2, -0.15) is 4.31 Å². The smallest absolute Gasteiger partial charge is 0.322 e. The molecule has 0 amide bonds. The molecule has 6 heteroatoms. The van der Waals surface area contributed by atoms with Gasteiger partial charge in [-0.05, 0) is 25.7 Å². The van der Waals surface area contributed by atoms with Crippen LogP contribution in [0.15, 0.2) is 0 Å². The molecule has 2 unspecified atom stereocenters. The number of sulfonamides is 1. The molecule has 0 aromatic heterocycles. The molecule has 0 spiro atoms. The summed E-state index contributed by atoms with van der Waals surface area (Å²) in [6, 6.07) is -0.892. The fourth-order valence-corrected chi connectivity index (χ4v) is 4.58. The molecule has 0 saturated carbocycles. The molecular weight excluding hydrogens is 218 g/mol. The predicted octanol–water partition coefficient (Wildman–Crippen LogP) is 0.418. The Labute approximate surface area is 89.1 Å². The Morgan fingerprint density at radius 3 is 2.60 bits per heavy atom. The van der Waals surface area contributed by atoms with Crippen LogP contribution >= 0.6 is 0 Å². The van der Waals surface area contributed by atoms with E-state index in [0.29, 0.717) is 19.3 Å². The third-order valence-electron chi connectivity index (χ3n) is 3.24. The highest BCUT2D eigenvalue weighted by molar-refractivity contribution is 7.89. The Morgan fingerprint density at radius 1 is 1.20 bits per heavy atom. The maximum Gasteiger partial charge on any atom is 0.322 e. The van der Waals surface area contributed by atoms with Gasteiger partial charge in [-0.15, -0.1) is 0 Å². The largest absolute Gasteiger partial charge is 0.480 e. The van der Waals surface area contributed by atoms with E-state index in [1.54, 1.807) is 0 Å². The van der Waals surface area contributed by atoms with E-state index < -0.39 is 22.0 Å². The minimum atomic E-state index is -3.34. The lowest BCUT2D eigenvalue weighted by atomic mass is 10.1. The molecule has 0 aliphatic carbocycles. The molecule has 2 rings (SSSR count). The highest BCUT2D eigenvalue weighted by atomic mass is 32.2. The summed E-state index contributed by atoms with van der Waals surface area (Å²) in [5, 5.41) is 8.97. The van der Waals surface area contributed by atoms with Gasteiger partial charge >= 0.3 is 5.97 Å². The van der Waals surface area contributed by atoms with Crippen LogP contribution in [0.2, 0.25) is 0 Å². The Bertz CT molecular complexity index is 364. The van der Waals surface area contributed by atoms with E-state index in [0.717, 1.165) is 12.8 Å². The van der Waals surface area contributed by atoms with Crippen LogP contribution in [0.25, 0.3) is 0 Å². The molecule has 15 heavy (non-hydrogen) atoms. The summed E-state index contributed by atoms with van der Waals surface area (Å²) in [5.41, 5.74) is 0. The molecule has 2 aliphatic rings. The minimum Gasteiger partial charge on any atom is -0.480 e. The predicted molar refractivity (Wildman–Crippen MR) is 53.9 cm³/mol. The summed E-state index contributed by atoms with van der Waals surface area (Å²) in [6.07, 6.45) is 3.49. The molecule has 0 bridgehead atoms. The van der Waals surface area contributed by atoms with Crippen LogP contribution in [0.5, 0.6) is 0 Å². The van der Waals surface area contributed by atoms with Crippen LogP contribution in [0.3, 0.4) is 0 Å². The van der Waals surface area contributed by atoms with E-state index >= 15 is 0 Å². The van der Waals surface area contributed by atoms with Gasteiger partial charge in [0.05, 0.1) is 5.75 Å². The second-order valence-corrected chi connectivity index (χ2v) is 6.22. The first kappa shape index (κ1) is 10.9. The molecule has 2 aliphatic heterocycles. The van der Waals surface area contributed by atoms with Gasteiger partial charge in [0.25, 0.3) is 0 Å². The minimum absolute atomic E-state index is 0.0707. The number of carboxylic acid groups (broad SMARTS) is 1. The number of hydrogen-bond acceptors (Lipinski definition) is 3. The first-order chi connectivity index (χ1) is 7.02. The highest BCUT2D eigenvalue weighted by Gasteiger charge is 2.45. The van der Waals surface area contributed by atoms with Gasteiger partial charge in [0.1, 0.15) is 6.04 Å². The molecule has 2 heterocycles. The second-order valence-electron chi connectivity index (χ2n) is 4.23. The van der Waals surface area contributed by atoms with Crippen molar-refractivity contribution in [2.24, 2.45) is 0 Å². The maximum atomic E-state index is 11.9. The molecule has 0 aromatic rings. The van der Waals surface area contributed by atoms with Gasteiger partial charge < -0.3 is 5.11 Å². The van der Waals surface area contributed by atoms with Crippen molar-refractivity contribution in [3.8, 4) is 0 Å². The number of aliphatic carboxylic acids is 1. The topological polar surface area (TPSA) is 74.7 Å². The van der Waals surface area contributed by atoms with E-state index in [1.807, 2.05) is 0 Å². The van der Waals surface area contributed by atoms with E-state index in [4.69, 9.17) is 5.11 Å². The number of carbonyl (C=O) groups is 1. The molecule has 0 radical (unpaired) electrons. The SMILES string of the molecule is O=C(O)C1CCC2CCCCS(=O)(=O)N21. The van der Waals surface area contributed by atoms with Crippen LogP contribution < -0.4 is 0 Å². The van der Waals surface area contributed by atoms with Crippen LogP contribution in [0.4, 0.5) is 0 Å². The lowest BCUT2D eigenvalue weighted by Gasteiger charge is -2.24. The van der Waals surface area contributed by atoms with Crippen LogP contribution in [-0.4, -0.2) is 41.6 Å². The third-order valence-corrected chi connectivity index (χ3v) is 5.24. The Hall–Kier alpha value is -0.620. The zero-order valence-electron chi connectivity index (χ0n) is 8.42. The summed E-state index contributed by atoms with van der Waals surface area (Å²) in [4.78, 5) is 11.0. The standard InChI is InChI=1S/C9H15NO4S/c11-9(12)8-5-4-7-3-1-2-6-15(13,14)10(7)8/h7-8H,1-6H2,(H,11,12). The van der Waals surface area contributed by atoms with Crippen molar-refractivity contribution in [2.45, 2.75) is 44.2 Å². The van der Waals surface area contributed by atoms with Gasteiger partial charge in [-0.1, -0.05) is 6.42 Å². The Kier molecular flexibility index (Phi) is 2.72. The lowest BCUT2D eigenvalue weighted by molar-refractivity contribution is -0.140. The van der Waals surface area contributed by atoms with E-state index in [2.05, 4.69) is 0 Å². The van der Waals surface area contributed by atoms with Crippen molar-refractivity contribution in [3.05, 3.63) is 0 Å². The second kappa shape index (κ2) is 3.75. The van der Waals surface area contributed by atoms with Crippen LogP contribution in [-0.2, 0) is 14.8 Å². The van der Waals surface area contributed by atoms with Crippen molar-refractivity contribution >= 4 is 16.0 Å². The average Bonchev–Trinajstić information content (AvgIpc) is 2.51. The molecule has 5 nitrogen and oxygen atoms in total. The number of hydrogen-bond donors (Lipinski definition) is 1. The fourth-order valence-electron chi connectivity index (χ4n) is 2.55. The molecule has 1 N–H and O–H groups in total. The summed E-state index contributed by atoms with van der Waals surface area (Å²) < 4.78 is 25.0. The van der Waals surface area contributed by atoms with Crippen molar-refractivity contribution in [1.82, 2.24) is 4.31 Å². The van der Waals surface area contributed by atoms with E-state index in [9.17, 15) is 13.2 Å². The number of fused-ring (bicyclic) bond motifs is 1. The normalized spacial score (nSPS) is 35.7. The first-order valence-corrected chi connectivity index (χ1v) is 6.87. The molecule has 2 fully saturated rings. The van der Waals surface area contributed by atoms with Gasteiger partial charge in [0, 0.05) is 6.04 Å². The fraction of sp³-hybridized carbons (Fsp3) is 0.889. The van der Waals surface area contributed by atoms with Crippen molar-refractivity contribution in [2.75, 3.05) is 5.75 Å². The van der Waals surface area contributed by atoms with E-state index in [1.165, 1.54) is 4.31 Å². The zero-order chi connectivity index (χ0) is 11.1. The van der Waals surface area contributed by atoms with Gasteiger partial charge in [0.2, 0.25) is 10.0 Å². The summed E-state index contributed by atoms with van der Waals surface area (Å²) >= 11 is 0. The van der Waals surface area contributed by atoms with Crippen LogP contribution in [0, 0.1) is 0 Å². The molecule has 0 aromatic carbocycles. The maximum absolute atomic E-state index is 11.9. The molecule has 2 atom stereocenters. The van der Waals surface area contributed by atoms with Crippen molar-refractivity contribution < 1.29 is 18.3 Å². The number of rotatable bonds is 1. The molecule has 2 saturated heterocycles. The Balaban J connectivity index is 2.33. The zero-order valence-corrected chi connectivity index (χ0v) is 9.24. The summed E-state index contributed by atoms with van der Waals surface area (Å²) in [7, 11) is -3.34. The molecule has 86 valence electrons. The van der Waals surface area contributed by atoms with Gasteiger partial charge in [-0.25, -0.2) is 8.42 Å². The van der Waals surface area contributed by atoms with Crippen molar-refractivity contribution in [1.29, 1.82) is 0 Å². The molecular formula is C9H15NO4S. The monoisotopic (exact) mass is 233 g/mol. The lowest BCUT2D eigenvalue weighted by Crippen LogP contribution is -2.44. The third kappa shape index (κ3) is 1.88. The van der Waals surface area contributed by atoms with Crippen LogP contribution in [0.1, 0.15) is 32.1 Å². The number of carboxylic acids is 1.